The fraction of sp³-hybridized carbons (Fsp3) is 0.622. The van der Waals surface area contributed by atoms with Crippen LogP contribution in [0.25, 0.3) is 0 Å². The van der Waals surface area contributed by atoms with E-state index in [1.165, 1.54) is 24.5 Å². The predicted molar refractivity (Wildman–Crippen MR) is 197 cm³/mol. The quantitative estimate of drug-likeness (QED) is 0.188. The molecular weight excluding hydrogens is 689 g/mol. The average molecular weight is 746 g/mol. The van der Waals surface area contributed by atoms with E-state index >= 15 is 0 Å². The Bertz CT molecular complexity index is 1520. The lowest BCUT2D eigenvalue weighted by atomic mass is 9.76. The van der Waals surface area contributed by atoms with Gasteiger partial charge >= 0.3 is 11.9 Å². The van der Waals surface area contributed by atoms with E-state index in [2.05, 4.69) is 50.8 Å². The molecule has 4 rings (SSSR count). The van der Waals surface area contributed by atoms with Gasteiger partial charge in [0.05, 0.1) is 18.3 Å². The summed E-state index contributed by atoms with van der Waals surface area (Å²) in [4.78, 5) is 45.7. The molecule has 2 fully saturated rings. The van der Waals surface area contributed by atoms with E-state index in [1.54, 1.807) is 12.0 Å². The van der Waals surface area contributed by atoms with Gasteiger partial charge in [0.15, 0.2) is 5.82 Å². The molecule has 2 aliphatic rings. The molecule has 0 saturated carbocycles. The molecule has 15 nitrogen and oxygen atoms in total. The van der Waals surface area contributed by atoms with Crippen LogP contribution >= 0.6 is 0 Å². The number of carbonyl (C=O) groups is 3. The van der Waals surface area contributed by atoms with Crippen molar-refractivity contribution in [1.29, 1.82) is 0 Å². The Kier molecular flexibility index (Phi) is 16.5. The molecule has 53 heavy (non-hydrogen) atoms. The van der Waals surface area contributed by atoms with Crippen molar-refractivity contribution in [2.24, 2.45) is 11.3 Å². The number of nitrogens with zero attached hydrogens (tertiary/aromatic N) is 7. The van der Waals surface area contributed by atoms with Gasteiger partial charge in [-0.2, -0.15) is 0 Å². The number of carboxylic acid groups (broad SMARTS) is 2. The van der Waals surface area contributed by atoms with Crippen LogP contribution in [0.2, 0.25) is 0 Å². The topological polar surface area (TPSA) is 182 Å². The zero-order valence-corrected chi connectivity index (χ0v) is 31.9. The highest BCUT2D eigenvalue weighted by Gasteiger charge is 2.50. The van der Waals surface area contributed by atoms with Crippen LogP contribution in [-0.4, -0.2) is 148 Å². The summed E-state index contributed by atoms with van der Waals surface area (Å²) < 4.78 is 25.8. The summed E-state index contributed by atoms with van der Waals surface area (Å²) >= 11 is 0. The second-order valence-electron chi connectivity index (χ2n) is 14.4. The van der Waals surface area contributed by atoms with Gasteiger partial charge in [-0.1, -0.05) is 13.8 Å². The number of hydrogen-bond donors (Lipinski definition) is 3. The largest absolute Gasteiger partial charge is 0.478 e. The van der Waals surface area contributed by atoms with E-state index in [0.717, 1.165) is 58.5 Å². The number of hydrogen-bond acceptors (Lipinski definition) is 12. The highest BCUT2D eigenvalue weighted by Crippen LogP contribution is 2.44. The number of likely N-dealkylation sites (tertiary alicyclic amines) is 1. The number of aliphatic hydroxyl groups is 1. The molecule has 294 valence electrons. The Morgan fingerprint density at radius 2 is 1.77 bits per heavy atom. The third kappa shape index (κ3) is 12.4. The van der Waals surface area contributed by atoms with Gasteiger partial charge in [0.1, 0.15) is 17.9 Å². The smallest absolute Gasteiger partial charge is 0.328 e. The van der Waals surface area contributed by atoms with Crippen LogP contribution < -0.4 is 9.64 Å². The number of carboxylic acids is 2. The third-order valence-corrected chi connectivity index (χ3v) is 9.69. The Labute approximate surface area is 311 Å². The molecule has 2 atom stereocenters. The molecule has 2 aliphatic heterocycles. The van der Waals surface area contributed by atoms with Crippen LogP contribution in [0.4, 0.5) is 10.2 Å². The third-order valence-electron chi connectivity index (χ3n) is 9.69. The van der Waals surface area contributed by atoms with Gasteiger partial charge in [-0.3, -0.25) is 9.69 Å². The summed E-state index contributed by atoms with van der Waals surface area (Å²) in [5.74, 6) is -1.75. The molecule has 2 saturated heterocycles. The van der Waals surface area contributed by atoms with E-state index in [1.807, 2.05) is 20.8 Å². The van der Waals surface area contributed by atoms with Crippen LogP contribution in [0.15, 0.2) is 36.7 Å². The first-order chi connectivity index (χ1) is 25.1. The Morgan fingerprint density at radius 1 is 1.09 bits per heavy atom. The number of ether oxygens (including phenoxy) is 2. The number of methoxy groups -OCH3 is 1. The zero-order valence-electron chi connectivity index (χ0n) is 31.9. The Balaban J connectivity index is 0.000000846. The summed E-state index contributed by atoms with van der Waals surface area (Å²) in [5, 5.41) is 33.3. The number of likely N-dealkylation sites (N-methyl/N-ethyl adjacent to an activating group) is 1. The summed E-state index contributed by atoms with van der Waals surface area (Å²) in [7, 11) is 3.72. The highest BCUT2D eigenvalue weighted by molar-refractivity contribution is 5.97. The van der Waals surface area contributed by atoms with Gasteiger partial charge in [0, 0.05) is 76.0 Å². The lowest BCUT2D eigenvalue weighted by Crippen LogP contribution is -2.62. The molecule has 2 unspecified atom stereocenters. The fourth-order valence-electron chi connectivity index (χ4n) is 7.02. The molecule has 1 amide bonds. The molecular formula is C37H56FN7O8. The number of anilines is 1. The van der Waals surface area contributed by atoms with Crippen molar-refractivity contribution in [1.82, 2.24) is 29.9 Å². The minimum atomic E-state index is -1.26. The minimum absolute atomic E-state index is 0.0317. The van der Waals surface area contributed by atoms with Gasteiger partial charge in [0.25, 0.3) is 11.8 Å². The number of aromatic nitrogens is 3. The SMILES string of the molecule is CCN(C(=O)c1cc(F)ccc1Oc1nncnc1N1CCC2(C1)CN(C(CCCN(C)CC(CO)OC)C(C)C)C2)C(C)C.O=C(O)/C=C/C(=O)O. The van der Waals surface area contributed by atoms with Crippen LogP contribution in [0.3, 0.4) is 0 Å². The van der Waals surface area contributed by atoms with Gasteiger partial charge in [0.2, 0.25) is 0 Å². The van der Waals surface area contributed by atoms with E-state index in [0.29, 0.717) is 36.5 Å². The van der Waals surface area contributed by atoms with E-state index in [4.69, 9.17) is 19.7 Å². The first kappa shape index (κ1) is 43.2. The van der Waals surface area contributed by atoms with Crippen molar-refractivity contribution in [2.45, 2.75) is 72.1 Å². The van der Waals surface area contributed by atoms with E-state index < -0.39 is 17.8 Å². The monoisotopic (exact) mass is 745 g/mol. The van der Waals surface area contributed by atoms with E-state index in [-0.39, 0.29) is 47.3 Å². The Hall–Kier alpha value is -4.25. The van der Waals surface area contributed by atoms with Crippen molar-refractivity contribution < 1.29 is 43.6 Å². The molecule has 1 spiro atoms. The number of carbonyl (C=O) groups excluding carboxylic acids is 1. The van der Waals surface area contributed by atoms with Crippen molar-refractivity contribution in [3.8, 4) is 11.6 Å². The molecule has 0 bridgehead atoms. The molecule has 0 radical (unpaired) electrons. The van der Waals surface area contributed by atoms with Gasteiger partial charge in [-0.05, 0) is 77.7 Å². The lowest BCUT2D eigenvalue weighted by molar-refractivity contribution is -0.134. The maximum absolute atomic E-state index is 14.3. The number of rotatable bonds is 18. The molecule has 3 heterocycles. The number of halogens is 1. The number of benzene rings is 1. The van der Waals surface area contributed by atoms with E-state index in [9.17, 15) is 23.9 Å². The van der Waals surface area contributed by atoms with Gasteiger partial charge in [-0.15, -0.1) is 10.2 Å². The van der Waals surface area contributed by atoms with Crippen LogP contribution in [0.5, 0.6) is 11.6 Å². The van der Waals surface area contributed by atoms with Gasteiger partial charge < -0.3 is 39.5 Å². The maximum atomic E-state index is 14.3. The highest BCUT2D eigenvalue weighted by atomic mass is 19.1. The fourth-order valence-corrected chi connectivity index (χ4v) is 7.02. The second kappa shape index (κ2) is 20.3. The summed E-state index contributed by atoms with van der Waals surface area (Å²) in [6, 6.07) is 4.43. The van der Waals surface area contributed by atoms with Crippen molar-refractivity contribution >= 4 is 23.7 Å². The van der Waals surface area contributed by atoms with Crippen molar-refractivity contribution in [2.75, 3.05) is 71.5 Å². The van der Waals surface area contributed by atoms with Gasteiger partial charge in [-0.25, -0.2) is 19.0 Å². The number of amides is 1. The molecule has 16 heteroatoms. The summed E-state index contributed by atoms with van der Waals surface area (Å²) in [5.41, 5.74) is 0.321. The first-order valence-electron chi connectivity index (χ1n) is 18.0. The lowest BCUT2D eigenvalue weighted by Gasteiger charge is -2.53. The standard InChI is InChI=1S/C33H52FN7O4.C4H4O4/c1-8-41(24(4)5)32(43)27-16-25(34)11-12-29(27)45-31-30(35-22-36-37-31)39-15-13-33(19-39)20-40(21-33)28(23(2)3)10-9-14-38(6)17-26(18-42)44-7;5-3(6)1-2-4(7)8/h11-12,16,22-24,26,28,42H,8-10,13-15,17-21H2,1-7H3;1-2H,(H,5,6)(H,7,8)/b;2-1+. The summed E-state index contributed by atoms with van der Waals surface area (Å²) in [6.45, 7) is 16.3. The normalized spacial score (nSPS) is 16.5. The Morgan fingerprint density at radius 3 is 2.34 bits per heavy atom. The maximum Gasteiger partial charge on any atom is 0.328 e. The summed E-state index contributed by atoms with van der Waals surface area (Å²) in [6.07, 6.45) is 5.63. The zero-order chi connectivity index (χ0) is 39.3. The molecule has 0 aliphatic carbocycles. The minimum Gasteiger partial charge on any atom is -0.478 e. The number of aliphatic carboxylic acids is 2. The predicted octanol–water partition coefficient (Wildman–Crippen LogP) is 3.64. The van der Waals surface area contributed by atoms with Crippen LogP contribution in [0.1, 0.15) is 64.2 Å². The number of aliphatic hydroxyl groups excluding tert-OH is 1. The molecule has 3 N–H and O–H groups in total. The molecule has 1 aromatic carbocycles. The molecule has 2 aromatic rings. The van der Waals surface area contributed by atoms with Crippen LogP contribution in [0, 0.1) is 17.2 Å². The van der Waals surface area contributed by atoms with Crippen molar-refractivity contribution in [3.05, 3.63) is 48.1 Å². The van der Waals surface area contributed by atoms with Crippen LogP contribution in [-0.2, 0) is 14.3 Å². The van der Waals surface area contributed by atoms with Crippen molar-refractivity contribution in [3.63, 3.8) is 0 Å². The second-order valence-corrected chi connectivity index (χ2v) is 14.4. The first-order valence-corrected chi connectivity index (χ1v) is 18.0. The average Bonchev–Trinajstić information content (AvgIpc) is 3.54. The molecule has 1 aromatic heterocycles.